The molecule has 0 aliphatic heterocycles. The van der Waals surface area contributed by atoms with Crippen molar-refractivity contribution >= 4 is 11.0 Å². The van der Waals surface area contributed by atoms with Crippen LogP contribution < -0.4 is 5.32 Å². The van der Waals surface area contributed by atoms with E-state index in [1.807, 2.05) is 6.07 Å². The smallest absolute Gasteiger partial charge is 0.151 e. The number of aromatic nitrogens is 2. The Hall–Kier alpha value is -1.42. The van der Waals surface area contributed by atoms with Crippen LogP contribution in [0.2, 0.25) is 0 Å². The van der Waals surface area contributed by atoms with E-state index in [4.69, 9.17) is 0 Å². The summed E-state index contributed by atoms with van der Waals surface area (Å²) in [6.45, 7) is 5.97. The van der Waals surface area contributed by atoms with Gasteiger partial charge in [0.05, 0.1) is 12.1 Å². The summed E-state index contributed by atoms with van der Waals surface area (Å²) in [5, 5.41) is 3.43. The number of hydrogen-bond donors (Lipinski definition) is 1. The van der Waals surface area contributed by atoms with E-state index in [0.717, 1.165) is 23.8 Å². The number of hydrogen-bond acceptors (Lipinski definition) is 2. The number of nitrogens with zero attached hydrogens (tertiary/aromatic N) is 2. The first-order valence-corrected chi connectivity index (χ1v) is 7.03. The van der Waals surface area contributed by atoms with Gasteiger partial charge in [-0.2, -0.15) is 0 Å². The van der Waals surface area contributed by atoms with Crippen LogP contribution in [0.15, 0.2) is 18.2 Å². The molecule has 1 aromatic heterocycles. The monoisotopic (exact) mass is 261 g/mol. The number of imidazole rings is 1. The third-order valence-corrected chi connectivity index (χ3v) is 3.67. The molecule has 0 amide bonds. The Bertz CT molecular complexity index is 584. The van der Waals surface area contributed by atoms with E-state index in [0.29, 0.717) is 12.1 Å². The number of halogens is 1. The van der Waals surface area contributed by atoms with Crippen molar-refractivity contribution in [1.82, 2.24) is 14.9 Å². The molecule has 1 fully saturated rings. The van der Waals surface area contributed by atoms with Crippen LogP contribution in [-0.4, -0.2) is 16.1 Å². The van der Waals surface area contributed by atoms with Gasteiger partial charge in [-0.1, -0.05) is 6.07 Å². The van der Waals surface area contributed by atoms with Gasteiger partial charge in [-0.3, -0.25) is 0 Å². The molecule has 0 atom stereocenters. The molecule has 1 N–H and O–H groups in total. The largest absolute Gasteiger partial charge is 0.324 e. The Balaban J connectivity index is 1.91. The van der Waals surface area contributed by atoms with E-state index < -0.39 is 0 Å². The number of para-hydroxylation sites is 1. The first kappa shape index (κ1) is 12.6. The number of benzene rings is 1. The van der Waals surface area contributed by atoms with Crippen molar-refractivity contribution in [2.75, 3.05) is 6.54 Å². The Morgan fingerprint density at radius 1 is 1.42 bits per heavy atom. The molecule has 0 saturated heterocycles. The van der Waals surface area contributed by atoms with Gasteiger partial charge in [0, 0.05) is 6.04 Å². The highest BCUT2D eigenvalue weighted by Crippen LogP contribution is 2.28. The fourth-order valence-electron chi connectivity index (χ4n) is 2.54. The first-order chi connectivity index (χ1) is 9.16. The third-order valence-electron chi connectivity index (χ3n) is 3.67. The van der Waals surface area contributed by atoms with E-state index in [-0.39, 0.29) is 11.9 Å². The van der Waals surface area contributed by atoms with Gasteiger partial charge < -0.3 is 9.88 Å². The summed E-state index contributed by atoms with van der Waals surface area (Å²) in [5.41, 5.74) is 1.37. The highest BCUT2D eigenvalue weighted by atomic mass is 19.1. The predicted molar refractivity (Wildman–Crippen MR) is 74.5 cm³/mol. The van der Waals surface area contributed by atoms with Crippen LogP contribution in [0.25, 0.3) is 11.0 Å². The topological polar surface area (TPSA) is 29.9 Å². The Kier molecular flexibility index (Phi) is 3.27. The zero-order valence-corrected chi connectivity index (χ0v) is 11.5. The van der Waals surface area contributed by atoms with Crippen molar-refractivity contribution in [3.63, 3.8) is 0 Å². The van der Waals surface area contributed by atoms with Crippen molar-refractivity contribution in [2.24, 2.45) is 5.92 Å². The lowest BCUT2D eigenvalue weighted by molar-refractivity contribution is 0.545. The zero-order valence-electron chi connectivity index (χ0n) is 11.5. The second-order valence-electron chi connectivity index (χ2n) is 5.67. The van der Waals surface area contributed by atoms with Gasteiger partial charge >= 0.3 is 0 Å². The highest BCUT2D eigenvalue weighted by Gasteiger charge is 2.21. The van der Waals surface area contributed by atoms with Crippen LogP contribution in [0.5, 0.6) is 0 Å². The Morgan fingerprint density at radius 3 is 2.89 bits per heavy atom. The molecule has 3 rings (SSSR count). The lowest BCUT2D eigenvalue weighted by Gasteiger charge is -2.13. The van der Waals surface area contributed by atoms with E-state index in [9.17, 15) is 4.39 Å². The van der Waals surface area contributed by atoms with E-state index in [2.05, 4.69) is 28.7 Å². The maximum absolute atomic E-state index is 13.8. The van der Waals surface area contributed by atoms with Crippen molar-refractivity contribution in [2.45, 2.75) is 39.3 Å². The number of rotatable bonds is 5. The lowest BCUT2D eigenvalue weighted by Crippen LogP contribution is -2.20. The average molecular weight is 261 g/mol. The van der Waals surface area contributed by atoms with Crippen LogP contribution in [0.4, 0.5) is 4.39 Å². The van der Waals surface area contributed by atoms with E-state index >= 15 is 0 Å². The Labute approximate surface area is 112 Å². The summed E-state index contributed by atoms with van der Waals surface area (Å²) < 4.78 is 15.9. The normalized spacial score (nSPS) is 15.6. The summed E-state index contributed by atoms with van der Waals surface area (Å²) in [4.78, 5) is 4.48. The lowest BCUT2D eigenvalue weighted by atomic mass is 10.3. The second-order valence-corrected chi connectivity index (χ2v) is 5.67. The standard InChI is InChI=1S/C15H20FN3/c1-10(2)19-13-5-3-4-12(16)15(13)18-14(19)9-17-8-11-6-7-11/h3-5,10-11,17H,6-9H2,1-2H3. The fourth-order valence-corrected chi connectivity index (χ4v) is 2.54. The molecule has 1 aliphatic rings. The van der Waals surface area contributed by atoms with Crippen molar-refractivity contribution in [3.8, 4) is 0 Å². The van der Waals surface area contributed by atoms with Gasteiger partial charge in [-0.25, -0.2) is 9.37 Å². The SMILES string of the molecule is CC(C)n1c(CNCC2CC2)nc2c(F)cccc21. The average Bonchev–Trinajstić information content (AvgIpc) is 3.09. The number of fused-ring (bicyclic) bond motifs is 1. The van der Waals surface area contributed by atoms with Gasteiger partial charge in [0.2, 0.25) is 0 Å². The number of nitrogens with one attached hydrogen (secondary N) is 1. The summed E-state index contributed by atoms with van der Waals surface area (Å²) in [5.74, 6) is 1.53. The molecule has 4 heteroatoms. The zero-order chi connectivity index (χ0) is 13.4. The molecular weight excluding hydrogens is 241 g/mol. The maximum atomic E-state index is 13.8. The molecule has 1 saturated carbocycles. The van der Waals surface area contributed by atoms with Gasteiger partial charge in [-0.05, 0) is 51.3 Å². The second kappa shape index (κ2) is 4.93. The van der Waals surface area contributed by atoms with Crippen molar-refractivity contribution < 1.29 is 4.39 Å². The Morgan fingerprint density at radius 2 is 2.21 bits per heavy atom. The van der Waals surface area contributed by atoms with Crippen LogP contribution >= 0.6 is 0 Å². The molecule has 0 bridgehead atoms. The summed E-state index contributed by atoms with van der Waals surface area (Å²) in [6, 6.07) is 5.45. The molecule has 1 heterocycles. The predicted octanol–water partition coefficient (Wildman–Crippen LogP) is 3.26. The minimum Gasteiger partial charge on any atom is -0.324 e. The van der Waals surface area contributed by atoms with Gasteiger partial charge in [0.15, 0.2) is 5.82 Å². The van der Waals surface area contributed by atoms with E-state index in [1.54, 1.807) is 6.07 Å². The van der Waals surface area contributed by atoms with Crippen molar-refractivity contribution in [1.29, 1.82) is 0 Å². The quantitative estimate of drug-likeness (QED) is 0.895. The van der Waals surface area contributed by atoms with Crippen LogP contribution in [0, 0.1) is 11.7 Å². The molecule has 2 aromatic rings. The molecule has 3 nitrogen and oxygen atoms in total. The third kappa shape index (κ3) is 2.50. The summed E-state index contributed by atoms with van der Waals surface area (Å²) in [6.07, 6.45) is 2.67. The molecular formula is C15H20FN3. The summed E-state index contributed by atoms with van der Waals surface area (Å²) >= 11 is 0. The minimum atomic E-state index is -0.236. The van der Waals surface area contributed by atoms with Gasteiger partial charge in [0.25, 0.3) is 0 Å². The first-order valence-electron chi connectivity index (χ1n) is 7.03. The summed E-state index contributed by atoms with van der Waals surface area (Å²) in [7, 11) is 0. The van der Waals surface area contributed by atoms with Crippen LogP contribution in [0.3, 0.4) is 0 Å². The van der Waals surface area contributed by atoms with Crippen molar-refractivity contribution in [3.05, 3.63) is 29.8 Å². The maximum Gasteiger partial charge on any atom is 0.151 e. The van der Waals surface area contributed by atoms with Gasteiger partial charge in [0.1, 0.15) is 11.3 Å². The molecule has 0 radical (unpaired) electrons. The molecule has 0 spiro atoms. The highest BCUT2D eigenvalue weighted by molar-refractivity contribution is 5.76. The molecule has 102 valence electrons. The molecule has 0 unspecified atom stereocenters. The fraction of sp³-hybridized carbons (Fsp3) is 0.533. The van der Waals surface area contributed by atoms with Crippen LogP contribution in [0.1, 0.15) is 38.6 Å². The van der Waals surface area contributed by atoms with Gasteiger partial charge in [-0.15, -0.1) is 0 Å². The van der Waals surface area contributed by atoms with E-state index in [1.165, 1.54) is 18.9 Å². The van der Waals surface area contributed by atoms with Crippen LogP contribution in [-0.2, 0) is 6.54 Å². The minimum absolute atomic E-state index is 0.236. The molecule has 19 heavy (non-hydrogen) atoms. The molecule has 1 aromatic carbocycles. The molecule has 1 aliphatic carbocycles.